The van der Waals surface area contributed by atoms with E-state index in [1.807, 2.05) is 27.7 Å². The molecular weight excluding hydrogens is 336 g/mol. The summed E-state index contributed by atoms with van der Waals surface area (Å²) >= 11 is 0.512. The Balaban J connectivity index is 4.57. The van der Waals surface area contributed by atoms with Gasteiger partial charge < -0.3 is 9.47 Å². The Bertz CT molecular complexity index is 373. The first kappa shape index (κ1) is 23.2. The van der Waals surface area contributed by atoms with Crippen LogP contribution < -0.4 is 0 Å². The Morgan fingerprint density at radius 2 is 1.42 bits per heavy atom. The van der Waals surface area contributed by atoms with Crippen molar-refractivity contribution >= 4 is 24.0 Å². The lowest BCUT2D eigenvalue weighted by molar-refractivity contribution is -0.432. The van der Waals surface area contributed by atoms with Crippen LogP contribution in [0.2, 0.25) is 0 Å². The number of hydrogen-bond acceptors (Lipinski definition) is 8. The molecule has 0 spiro atoms. The van der Waals surface area contributed by atoms with Gasteiger partial charge in [-0.3, -0.25) is 9.59 Å². The summed E-state index contributed by atoms with van der Waals surface area (Å²) in [4.78, 5) is 24.1. The van der Waals surface area contributed by atoms with Crippen LogP contribution in [0.15, 0.2) is 0 Å². The molecule has 0 radical (unpaired) electrons. The molecule has 0 aromatic heterocycles. The molecule has 0 heterocycles. The third-order valence-corrected chi connectivity index (χ3v) is 3.79. The molecular formula is C16H30O7S. The van der Waals surface area contributed by atoms with Crippen molar-refractivity contribution in [1.29, 1.82) is 0 Å². The molecule has 0 aromatic rings. The molecule has 3 unspecified atom stereocenters. The molecule has 0 amide bonds. The van der Waals surface area contributed by atoms with E-state index in [0.717, 1.165) is 6.42 Å². The van der Waals surface area contributed by atoms with Crippen molar-refractivity contribution in [2.45, 2.75) is 78.3 Å². The first-order chi connectivity index (χ1) is 11.1. The average Bonchev–Trinajstić information content (AvgIpc) is 2.40. The minimum Gasteiger partial charge on any atom is -0.463 e. The monoisotopic (exact) mass is 366 g/mol. The molecule has 0 aromatic carbocycles. The summed E-state index contributed by atoms with van der Waals surface area (Å²) in [6.07, 6.45) is 0.677. The SMILES string of the molecule is CC(C)CC(C)OC(=O)CC(SOOO)C(=O)OC(C)CC(C)C. The van der Waals surface area contributed by atoms with Gasteiger partial charge in [0.05, 0.1) is 30.7 Å². The van der Waals surface area contributed by atoms with Crippen LogP contribution in [0.4, 0.5) is 0 Å². The first-order valence-electron chi connectivity index (χ1n) is 8.19. The van der Waals surface area contributed by atoms with Gasteiger partial charge in [-0.2, -0.15) is 0 Å². The highest BCUT2D eigenvalue weighted by molar-refractivity contribution is 7.95. The number of esters is 2. The highest BCUT2D eigenvalue weighted by atomic mass is 32.2. The molecule has 142 valence electrons. The molecule has 0 fully saturated rings. The number of carbonyl (C=O) groups is 2. The van der Waals surface area contributed by atoms with Crippen molar-refractivity contribution in [3.63, 3.8) is 0 Å². The average molecular weight is 366 g/mol. The van der Waals surface area contributed by atoms with Gasteiger partial charge >= 0.3 is 11.9 Å². The summed E-state index contributed by atoms with van der Waals surface area (Å²) in [7, 11) is 0. The topological polar surface area (TPSA) is 91.3 Å². The van der Waals surface area contributed by atoms with Gasteiger partial charge in [0.15, 0.2) is 0 Å². The lowest BCUT2D eigenvalue weighted by Crippen LogP contribution is -2.29. The second-order valence-corrected chi connectivity index (χ2v) is 7.64. The number of ether oxygens (including phenoxy) is 2. The molecule has 7 nitrogen and oxygen atoms in total. The Kier molecular flexibility index (Phi) is 12.1. The van der Waals surface area contributed by atoms with Gasteiger partial charge in [-0.15, -0.1) is 4.33 Å². The van der Waals surface area contributed by atoms with E-state index in [1.165, 1.54) is 0 Å². The zero-order valence-electron chi connectivity index (χ0n) is 15.3. The van der Waals surface area contributed by atoms with Crippen LogP contribution in [-0.2, 0) is 28.4 Å². The maximum absolute atomic E-state index is 12.2. The third kappa shape index (κ3) is 11.7. The largest absolute Gasteiger partial charge is 0.463 e. The maximum Gasteiger partial charge on any atom is 0.322 e. The quantitative estimate of drug-likeness (QED) is 0.241. The summed E-state index contributed by atoms with van der Waals surface area (Å²) in [6.45, 7) is 11.7. The normalized spacial score (nSPS) is 15.2. The summed E-state index contributed by atoms with van der Waals surface area (Å²) < 4.78 is 14.9. The molecule has 0 aliphatic carbocycles. The smallest absolute Gasteiger partial charge is 0.322 e. The summed E-state index contributed by atoms with van der Waals surface area (Å²) in [5, 5.41) is 10.8. The molecule has 0 saturated carbocycles. The Morgan fingerprint density at radius 1 is 0.917 bits per heavy atom. The van der Waals surface area contributed by atoms with Crippen LogP contribution in [0.25, 0.3) is 0 Å². The Labute approximate surface area is 148 Å². The molecule has 0 aliphatic rings. The summed E-state index contributed by atoms with van der Waals surface area (Å²) in [5.74, 6) is -0.377. The van der Waals surface area contributed by atoms with Crippen LogP contribution >= 0.6 is 12.0 Å². The van der Waals surface area contributed by atoms with Crippen molar-refractivity contribution in [2.24, 2.45) is 11.8 Å². The Morgan fingerprint density at radius 3 is 1.88 bits per heavy atom. The van der Waals surface area contributed by atoms with Crippen LogP contribution in [0.5, 0.6) is 0 Å². The van der Waals surface area contributed by atoms with Gasteiger partial charge in [-0.05, 0) is 38.5 Å². The van der Waals surface area contributed by atoms with Crippen LogP contribution in [0.3, 0.4) is 0 Å². The van der Waals surface area contributed by atoms with E-state index in [4.69, 9.17) is 14.7 Å². The highest BCUT2D eigenvalue weighted by Gasteiger charge is 2.29. The fourth-order valence-electron chi connectivity index (χ4n) is 2.34. The number of rotatable bonds is 12. The van der Waals surface area contributed by atoms with E-state index < -0.39 is 17.2 Å². The molecule has 3 atom stereocenters. The molecule has 0 aliphatic heterocycles. The molecule has 0 bridgehead atoms. The first-order valence-corrected chi connectivity index (χ1v) is 8.99. The molecule has 24 heavy (non-hydrogen) atoms. The molecule has 8 heteroatoms. The second-order valence-electron chi connectivity index (χ2n) is 6.74. The van der Waals surface area contributed by atoms with Crippen molar-refractivity contribution in [2.75, 3.05) is 0 Å². The van der Waals surface area contributed by atoms with Gasteiger partial charge in [0, 0.05) is 0 Å². The van der Waals surface area contributed by atoms with Crippen molar-refractivity contribution in [1.82, 2.24) is 0 Å². The van der Waals surface area contributed by atoms with Crippen molar-refractivity contribution in [3.8, 4) is 0 Å². The lowest BCUT2D eigenvalue weighted by Gasteiger charge is -2.20. The second kappa shape index (κ2) is 12.5. The van der Waals surface area contributed by atoms with E-state index in [2.05, 4.69) is 9.37 Å². The minimum absolute atomic E-state index is 0.232. The summed E-state index contributed by atoms with van der Waals surface area (Å²) in [6, 6.07) is 0. The van der Waals surface area contributed by atoms with Gasteiger partial charge in [0.2, 0.25) is 0 Å². The predicted molar refractivity (Wildman–Crippen MR) is 90.8 cm³/mol. The Hall–Kier alpha value is -0.830. The maximum atomic E-state index is 12.2. The number of hydrogen-bond donors (Lipinski definition) is 1. The van der Waals surface area contributed by atoms with Crippen molar-refractivity contribution < 1.29 is 33.7 Å². The van der Waals surface area contributed by atoms with Gasteiger partial charge in [-0.1, -0.05) is 32.7 Å². The van der Waals surface area contributed by atoms with E-state index in [1.54, 1.807) is 13.8 Å². The fourth-order valence-corrected chi connectivity index (χ4v) is 2.81. The van der Waals surface area contributed by atoms with Crippen molar-refractivity contribution in [3.05, 3.63) is 0 Å². The third-order valence-electron chi connectivity index (χ3n) is 3.06. The lowest BCUT2D eigenvalue weighted by atomic mass is 10.1. The standard InChI is InChI=1S/C16H30O7S/c1-10(2)7-12(5)20-15(17)9-14(24-23-22-19)16(18)21-13(6)8-11(3)4/h10-14,19H,7-9H2,1-6H3. The van der Waals surface area contributed by atoms with E-state index in [0.29, 0.717) is 30.3 Å². The van der Waals surface area contributed by atoms with E-state index in [-0.39, 0.29) is 18.6 Å². The van der Waals surface area contributed by atoms with Crippen LogP contribution in [-0.4, -0.2) is 34.7 Å². The van der Waals surface area contributed by atoms with Gasteiger partial charge in [0.1, 0.15) is 5.25 Å². The van der Waals surface area contributed by atoms with Gasteiger partial charge in [-0.25, -0.2) is 5.26 Å². The van der Waals surface area contributed by atoms with Crippen LogP contribution in [0, 0.1) is 11.8 Å². The van der Waals surface area contributed by atoms with Crippen LogP contribution in [0.1, 0.15) is 60.8 Å². The zero-order chi connectivity index (χ0) is 18.7. The summed E-state index contributed by atoms with van der Waals surface area (Å²) in [5.41, 5.74) is 0. The number of carbonyl (C=O) groups excluding carboxylic acids is 2. The van der Waals surface area contributed by atoms with Gasteiger partial charge in [0.25, 0.3) is 0 Å². The van der Waals surface area contributed by atoms with E-state index >= 15 is 0 Å². The fraction of sp³-hybridized carbons (Fsp3) is 0.875. The predicted octanol–water partition coefficient (Wildman–Crippen LogP) is 3.77. The molecule has 1 N–H and O–H groups in total. The van der Waals surface area contributed by atoms with E-state index in [9.17, 15) is 9.59 Å². The minimum atomic E-state index is -0.981. The molecule has 0 rings (SSSR count). The zero-order valence-corrected chi connectivity index (χ0v) is 16.1. The molecule has 0 saturated heterocycles. The highest BCUT2D eigenvalue weighted by Crippen LogP contribution is 2.21.